The van der Waals surface area contributed by atoms with Crippen LogP contribution in [0, 0.1) is 6.92 Å². The molecule has 0 bridgehead atoms. The summed E-state index contributed by atoms with van der Waals surface area (Å²) in [6.07, 6.45) is 2.00. The maximum Gasteiger partial charge on any atom is 0.145 e. The van der Waals surface area contributed by atoms with Crippen molar-refractivity contribution in [3.8, 4) is 5.75 Å². The first kappa shape index (κ1) is 9.97. The highest BCUT2D eigenvalue weighted by Gasteiger charge is 2.05. The zero-order chi connectivity index (χ0) is 10.8. The van der Waals surface area contributed by atoms with Gasteiger partial charge in [0.05, 0.1) is 6.10 Å². The van der Waals surface area contributed by atoms with E-state index in [9.17, 15) is 0 Å². The SMILES string of the molecule is Cc1ccnc2c(OC(C)C)cccc12. The van der Waals surface area contributed by atoms with Crippen LogP contribution < -0.4 is 4.74 Å². The molecule has 0 saturated carbocycles. The van der Waals surface area contributed by atoms with Gasteiger partial charge >= 0.3 is 0 Å². The minimum absolute atomic E-state index is 0.179. The van der Waals surface area contributed by atoms with Crippen molar-refractivity contribution in [2.45, 2.75) is 26.9 Å². The van der Waals surface area contributed by atoms with Gasteiger partial charge in [0.15, 0.2) is 0 Å². The molecule has 2 rings (SSSR count). The number of aryl methyl sites for hydroxylation is 1. The molecule has 2 heteroatoms. The molecule has 2 nitrogen and oxygen atoms in total. The lowest BCUT2D eigenvalue weighted by Crippen LogP contribution is -2.06. The molecule has 1 aromatic heterocycles. The van der Waals surface area contributed by atoms with E-state index in [1.54, 1.807) is 0 Å². The molecule has 1 heterocycles. The third-order valence-corrected chi connectivity index (χ3v) is 2.31. The Morgan fingerprint density at radius 3 is 2.73 bits per heavy atom. The molecule has 0 aliphatic heterocycles. The quantitative estimate of drug-likeness (QED) is 0.743. The number of rotatable bonds is 2. The van der Waals surface area contributed by atoms with E-state index >= 15 is 0 Å². The van der Waals surface area contributed by atoms with Gasteiger partial charge < -0.3 is 4.74 Å². The van der Waals surface area contributed by atoms with Gasteiger partial charge in [-0.1, -0.05) is 12.1 Å². The predicted molar refractivity (Wildman–Crippen MR) is 62.2 cm³/mol. The molecule has 15 heavy (non-hydrogen) atoms. The predicted octanol–water partition coefficient (Wildman–Crippen LogP) is 3.33. The Morgan fingerprint density at radius 2 is 2.00 bits per heavy atom. The summed E-state index contributed by atoms with van der Waals surface area (Å²) in [7, 11) is 0. The molecule has 0 unspecified atom stereocenters. The second-order valence-corrected chi connectivity index (χ2v) is 3.95. The van der Waals surface area contributed by atoms with Gasteiger partial charge in [0.1, 0.15) is 11.3 Å². The van der Waals surface area contributed by atoms with Crippen molar-refractivity contribution < 1.29 is 4.74 Å². The highest BCUT2D eigenvalue weighted by atomic mass is 16.5. The average molecular weight is 201 g/mol. The van der Waals surface area contributed by atoms with Crippen molar-refractivity contribution >= 4 is 10.9 Å². The molecule has 1 aromatic carbocycles. The molecule has 0 aliphatic rings. The monoisotopic (exact) mass is 201 g/mol. The van der Waals surface area contributed by atoms with Gasteiger partial charge in [-0.2, -0.15) is 0 Å². The molecular weight excluding hydrogens is 186 g/mol. The van der Waals surface area contributed by atoms with E-state index < -0.39 is 0 Å². The average Bonchev–Trinajstić information content (AvgIpc) is 2.19. The first-order chi connectivity index (χ1) is 7.18. The van der Waals surface area contributed by atoms with Gasteiger partial charge in [-0.3, -0.25) is 4.98 Å². The molecule has 0 radical (unpaired) electrons. The lowest BCUT2D eigenvalue weighted by atomic mass is 10.1. The fraction of sp³-hybridized carbons (Fsp3) is 0.308. The zero-order valence-corrected chi connectivity index (χ0v) is 9.32. The van der Waals surface area contributed by atoms with Crippen LogP contribution in [0.5, 0.6) is 5.75 Å². The fourth-order valence-electron chi connectivity index (χ4n) is 1.64. The van der Waals surface area contributed by atoms with Crippen LogP contribution in [-0.2, 0) is 0 Å². The van der Waals surface area contributed by atoms with Crippen LogP contribution in [-0.4, -0.2) is 11.1 Å². The van der Waals surface area contributed by atoms with Crippen molar-refractivity contribution in [3.05, 3.63) is 36.0 Å². The summed E-state index contributed by atoms with van der Waals surface area (Å²) in [5.41, 5.74) is 2.18. The van der Waals surface area contributed by atoms with Crippen molar-refractivity contribution in [1.29, 1.82) is 0 Å². The van der Waals surface area contributed by atoms with Crippen LogP contribution in [0.4, 0.5) is 0 Å². The molecule has 78 valence electrons. The van der Waals surface area contributed by atoms with Gasteiger partial charge in [0.2, 0.25) is 0 Å². The standard InChI is InChI=1S/C13H15NO/c1-9(2)15-12-6-4-5-11-10(3)7-8-14-13(11)12/h4-9H,1-3H3. The number of benzene rings is 1. The van der Waals surface area contributed by atoms with E-state index in [0.29, 0.717) is 0 Å². The minimum Gasteiger partial charge on any atom is -0.489 e. The maximum atomic E-state index is 5.72. The highest BCUT2D eigenvalue weighted by Crippen LogP contribution is 2.26. The maximum absolute atomic E-state index is 5.72. The summed E-state index contributed by atoms with van der Waals surface area (Å²) in [5.74, 6) is 0.867. The number of hydrogen-bond donors (Lipinski definition) is 0. The number of nitrogens with zero attached hydrogens (tertiary/aromatic N) is 1. The Bertz CT molecular complexity index is 477. The lowest BCUT2D eigenvalue weighted by Gasteiger charge is -2.12. The number of hydrogen-bond acceptors (Lipinski definition) is 2. The smallest absolute Gasteiger partial charge is 0.145 e. The van der Waals surface area contributed by atoms with Gasteiger partial charge in [-0.15, -0.1) is 0 Å². The van der Waals surface area contributed by atoms with E-state index in [-0.39, 0.29) is 6.10 Å². The van der Waals surface area contributed by atoms with Crippen molar-refractivity contribution in [2.24, 2.45) is 0 Å². The van der Waals surface area contributed by atoms with E-state index in [2.05, 4.69) is 18.0 Å². The Kier molecular flexibility index (Phi) is 2.58. The third kappa shape index (κ3) is 1.94. The van der Waals surface area contributed by atoms with E-state index in [0.717, 1.165) is 16.7 Å². The summed E-state index contributed by atoms with van der Waals surface area (Å²) >= 11 is 0. The summed E-state index contributed by atoms with van der Waals surface area (Å²) in [4.78, 5) is 4.37. The molecule has 0 aliphatic carbocycles. The highest BCUT2D eigenvalue weighted by molar-refractivity contribution is 5.86. The molecule has 0 N–H and O–H groups in total. The van der Waals surface area contributed by atoms with Crippen molar-refractivity contribution in [2.75, 3.05) is 0 Å². The summed E-state index contributed by atoms with van der Waals surface area (Å²) in [6, 6.07) is 8.07. The van der Waals surface area contributed by atoms with Gasteiger partial charge in [0, 0.05) is 11.6 Å². The molecule has 0 fully saturated rings. The van der Waals surface area contributed by atoms with Crippen molar-refractivity contribution in [1.82, 2.24) is 4.98 Å². The van der Waals surface area contributed by atoms with E-state index in [1.165, 1.54) is 5.56 Å². The van der Waals surface area contributed by atoms with Crippen LogP contribution in [0.3, 0.4) is 0 Å². The van der Waals surface area contributed by atoms with Crippen LogP contribution in [0.2, 0.25) is 0 Å². The van der Waals surface area contributed by atoms with Gasteiger partial charge in [-0.05, 0) is 38.5 Å². The summed E-state index contributed by atoms with van der Waals surface area (Å²) < 4.78 is 5.72. The van der Waals surface area contributed by atoms with Crippen LogP contribution in [0.25, 0.3) is 10.9 Å². The second-order valence-electron chi connectivity index (χ2n) is 3.95. The summed E-state index contributed by atoms with van der Waals surface area (Å²) in [6.45, 7) is 6.13. The normalized spacial score (nSPS) is 10.9. The topological polar surface area (TPSA) is 22.1 Å². The Hall–Kier alpha value is -1.57. The van der Waals surface area contributed by atoms with Crippen LogP contribution >= 0.6 is 0 Å². The number of pyridine rings is 1. The first-order valence-electron chi connectivity index (χ1n) is 5.19. The fourth-order valence-corrected chi connectivity index (χ4v) is 1.64. The lowest BCUT2D eigenvalue weighted by molar-refractivity contribution is 0.245. The van der Waals surface area contributed by atoms with E-state index in [4.69, 9.17) is 4.74 Å². The van der Waals surface area contributed by atoms with Crippen LogP contribution in [0.1, 0.15) is 19.4 Å². The Labute approximate surface area is 89.9 Å². The Morgan fingerprint density at radius 1 is 1.20 bits per heavy atom. The molecule has 0 spiro atoms. The number of ether oxygens (including phenoxy) is 1. The summed E-state index contributed by atoms with van der Waals surface area (Å²) in [5, 5.41) is 1.16. The number of para-hydroxylation sites is 1. The number of fused-ring (bicyclic) bond motifs is 1. The van der Waals surface area contributed by atoms with Crippen molar-refractivity contribution in [3.63, 3.8) is 0 Å². The minimum atomic E-state index is 0.179. The largest absolute Gasteiger partial charge is 0.489 e. The second kappa shape index (κ2) is 3.89. The molecule has 0 saturated heterocycles. The third-order valence-electron chi connectivity index (χ3n) is 2.31. The van der Waals surface area contributed by atoms with Gasteiger partial charge in [-0.25, -0.2) is 0 Å². The van der Waals surface area contributed by atoms with Crippen LogP contribution in [0.15, 0.2) is 30.5 Å². The molecule has 2 aromatic rings. The molecule has 0 amide bonds. The zero-order valence-electron chi connectivity index (χ0n) is 9.32. The van der Waals surface area contributed by atoms with Gasteiger partial charge in [0.25, 0.3) is 0 Å². The van der Waals surface area contributed by atoms with E-state index in [1.807, 2.05) is 38.2 Å². The molecule has 0 atom stereocenters. The molecular formula is C13H15NO. The number of aromatic nitrogens is 1. The first-order valence-corrected chi connectivity index (χ1v) is 5.19. The Balaban J connectivity index is 2.61.